The summed E-state index contributed by atoms with van der Waals surface area (Å²) in [5, 5.41) is 14.9. The van der Waals surface area contributed by atoms with Gasteiger partial charge in [-0.1, -0.05) is 5.21 Å². The number of benzene rings is 1. The minimum absolute atomic E-state index is 0.00125. The lowest BCUT2D eigenvalue weighted by molar-refractivity contribution is 0.0600. The summed E-state index contributed by atoms with van der Waals surface area (Å²) in [5.74, 6) is 0.747. The number of hydrogen-bond donors (Lipinski definition) is 1. The van der Waals surface area contributed by atoms with Gasteiger partial charge in [-0.2, -0.15) is 5.10 Å². The minimum atomic E-state index is -0.0451. The molecule has 0 unspecified atom stereocenters. The van der Waals surface area contributed by atoms with E-state index in [-0.39, 0.29) is 11.9 Å². The Labute approximate surface area is 132 Å². The zero-order chi connectivity index (χ0) is 15.8. The second-order valence-corrected chi connectivity index (χ2v) is 5.80. The van der Waals surface area contributed by atoms with Gasteiger partial charge < -0.3 is 4.90 Å². The van der Waals surface area contributed by atoms with Crippen LogP contribution in [0.4, 0.5) is 0 Å². The van der Waals surface area contributed by atoms with Crippen molar-refractivity contribution in [3.63, 3.8) is 0 Å². The average molecular weight is 311 g/mol. The summed E-state index contributed by atoms with van der Waals surface area (Å²) >= 11 is 0. The molecule has 1 aliphatic heterocycles. The largest absolute Gasteiger partial charge is 0.328 e. The van der Waals surface area contributed by atoms with Gasteiger partial charge in [-0.05, 0) is 37.5 Å². The molecule has 0 spiro atoms. The third-order valence-corrected chi connectivity index (χ3v) is 4.37. The van der Waals surface area contributed by atoms with Gasteiger partial charge in [-0.15, -0.1) is 5.10 Å². The second-order valence-electron chi connectivity index (χ2n) is 5.80. The summed E-state index contributed by atoms with van der Waals surface area (Å²) in [7, 11) is 1.83. The van der Waals surface area contributed by atoms with E-state index in [2.05, 4.69) is 25.5 Å². The molecule has 0 radical (unpaired) electrons. The SMILES string of the molecule is Cn1nnc2cc(C(=O)N3CCCC[C@H]3c3ncn[nH]3)ccc21. The fourth-order valence-electron chi connectivity index (χ4n) is 3.17. The Balaban J connectivity index is 1.67. The average Bonchev–Trinajstić information content (AvgIpc) is 3.24. The Morgan fingerprint density at radius 3 is 3.09 bits per heavy atom. The van der Waals surface area contributed by atoms with Crippen molar-refractivity contribution in [2.45, 2.75) is 25.3 Å². The lowest BCUT2D eigenvalue weighted by Crippen LogP contribution is -2.39. The van der Waals surface area contributed by atoms with E-state index in [1.165, 1.54) is 6.33 Å². The lowest BCUT2D eigenvalue weighted by atomic mass is 10.00. The van der Waals surface area contributed by atoms with Gasteiger partial charge in [-0.3, -0.25) is 9.89 Å². The van der Waals surface area contributed by atoms with Crippen LogP contribution in [0.2, 0.25) is 0 Å². The van der Waals surface area contributed by atoms with E-state index < -0.39 is 0 Å². The molecular formula is C15H17N7O. The van der Waals surface area contributed by atoms with Gasteiger partial charge in [-0.25, -0.2) is 9.67 Å². The van der Waals surface area contributed by atoms with Crippen molar-refractivity contribution in [3.05, 3.63) is 35.9 Å². The molecule has 8 heteroatoms. The number of likely N-dealkylation sites (tertiary alicyclic amines) is 1. The first-order valence-corrected chi connectivity index (χ1v) is 7.70. The standard InChI is InChI=1S/C15H17N7O/c1-21-12-6-5-10(8-11(12)18-20-21)15(23)22-7-3-2-4-13(22)14-16-9-17-19-14/h5-6,8-9,13H,2-4,7H2,1H3,(H,16,17,19)/t13-/m0/s1. The van der Waals surface area contributed by atoms with Gasteiger partial charge in [0.2, 0.25) is 0 Å². The van der Waals surface area contributed by atoms with E-state index in [0.717, 1.165) is 42.7 Å². The maximum Gasteiger partial charge on any atom is 0.254 e. The van der Waals surface area contributed by atoms with E-state index in [9.17, 15) is 4.79 Å². The van der Waals surface area contributed by atoms with E-state index in [1.54, 1.807) is 10.7 Å². The molecular weight excluding hydrogens is 294 g/mol. The molecule has 1 amide bonds. The number of piperidine rings is 1. The molecule has 0 aliphatic carbocycles. The highest BCUT2D eigenvalue weighted by atomic mass is 16.2. The fraction of sp³-hybridized carbons (Fsp3) is 0.400. The highest BCUT2D eigenvalue weighted by Gasteiger charge is 2.30. The molecule has 23 heavy (non-hydrogen) atoms. The number of fused-ring (bicyclic) bond motifs is 1. The first-order chi connectivity index (χ1) is 11.2. The normalized spacial score (nSPS) is 18.5. The predicted molar refractivity (Wildman–Crippen MR) is 82.5 cm³/mol. The van der Waals surface area contributed by atoms with Gasteiger partial charge in [0.1, 0.15) is 17.7 Å². The summed E-state index contributed by atoms with van der Waals surface area (Å²) in [5.41, 5.74) is 2.27. The van der Waals surface area contributed by atoms with Crippen LogP contribution in [0.3, 0.4) is 0 Å². The summed E-state index contributed by atoms with van der Waals surface area (Å²) in [6, 6.07) is 5.48. The topological polar surface area (TPSA) is 92.6 Å². The Morgan fingerprint density at radius 1 is 1.35 bits per heavy atom. The lowest BCUT2D eigenvalue weighted by Gasteiger charge is -2.34. The van der Waals surface area contributed by atoms with Crippen molar-refractivity contribution in [1.29, 1.82) is 0 Å². The van der Waals surface area contributed by atoms with Crippen LogP contribution in [0.15, 0.2) is 24.5 Å². The number of carbonyl (C=O) groups excluding carboxylic acids is 1. The molecule has 3 aromatic rings. The number of aromatic nitrogens is 6. The number of rotatable bonds is 2. The fourth-order valence-corrected chi connectivity index (χ4v) is 3.17. The number of aromatic amines is 1. The van der Waals surface area contributed by atoms with E-state index in [0.29, 0.717) is 5.56 Å². The number of aryl methyl sites for hydroxylation is 1. The van der Waals surface area contributed by atoms with Crippen LogP contribution in [0.1, 0.15) is 41.5 Å². The molecule has 4 rings (SSSR count). The number of nitrogens with one attached hydrogen (secondary N) is 1. The van der Waals surface area contributed by atoms with Crippen LogP contribution in [-0.4, -0.2) is 47.5 Å². The van der Waals surface area contributed by atoms with Gasteiger partial charge in [0.25, 0.3) is 5.91 Å². The molecule has 0 saturated carbocycles. The molecule has 0 bridgehead atoms. The van der Waals surface area contributed by atoms with Crippen molar-refractivity contribution < 1.29 is 4.79 Å². The zero-order valence-electron chi connectivity index (χ0n) is 12.8. The molecule has 1 fully saturated rings. The molecule has 1 saturated heterocycles. The highest BCUT2D eigenvalue weighted by molar-refractivity contribution is 5.97. The summed E-state index contributed by atoms with van der Waals surface area (Å²) in [6.07, 6.45) is 4.47. The van der Waals surface area contributed by atoms with E-state index >= 15 is 0 Å². The number of amides is 1. The van der Waals surface area contributed by atoms with Crippen LogP contribution in [-0.2, 0) is 7.05 Å². The van der Waals surface area contributed by atoms with Crippen molar-refractivity contribution in [2.75, 3.05) is 6.54 Å². The first-order valence-electron chi connectivity index (χ1n) is 7.70. The monoisotopic (exact) mass is 311 g/mol. The number of carbonyl (C=O) groups is 1. The van der Waals surface area contributed by atoms with Gasteiger partial charge in [0, 0.05) is 19.2 Å². The quantitative estimate of drug-likeness (QED) is 0.773. The van der Waals surface area contributed by atoms with Gasteiger partial charge in [0.15, 0.2) is 0 Å². The molecule has 3 heterocycles. The molecule has 2 aromatic heterocycles. The van der Waals surface area contributed by atoms with Gasteiger partial charge in [0.05, 0.1) is 11.6 Å². The molecule has 1 atom stereocenters. The summed E-state index contributed by atoms with van der Waals surface area (Å²) in [4.78, 5) is 19.1. The Kier molecular flexibility index (Phi) is 3.29. The molecule has 1 aromatic carbocycles. The number of nitrogens with zero attached hydrogens (tertiary/aromatic N) is 6. The van der Waals surface area contributed by atoms with Crippen molar-refractivity contribution in [3.8, 4) is 0 Å². The maximum atomic E-state index is 13.0. The van der Waals surface area contributed by atoms with E-state index in [1.807, 2.05) is 24.1 Å². The zero-order valence-corrected chi connectivity index (χ0v) is 12.8. The third kappa shape index (κ3) is 2.36. The third-order valence-electron chi connectivity index (χ3n) is 4.37. The van der Waals surface area contributed by atoms with Crippen LogP contribution in [0, 0.1) is 0 Å². The van der Waals surface area contributed by atoms with Crippen LogP contribution in [0.25, 0.3) is 11.0 Å². The van der Waals surface area contributed by atoms with Crippen molar-refractivity contribution >= 4 is 16.9 Å². The minimum Gasteiger partial charge on any atom is -0.328 e. The smallest absolute Gasteiger partial charge is 0.254 e. The predicted octanol–water partition coefficient (Wildman–Crippen LogP) is 1.45. The molecule has 1 N–H and O–H groups in total. The van der Waals surface area contributed by atoms with Crippen LogP contribution in [0.5, 0.6) is 0 Å². The van der Waals surface area contributed by atoms with Crippen molar-refractivity contribution in [1.82, 2.24) is 35.1 Å². The Morgan fingerprint density at radius 2 is 2.26 bits per heavy atom. The summed E-state index contributed by atoms with van der Waals surface area (Å²) in [6.45, 7) is 0.725. The van der Waals surface area contributed by atoms with Crippen LogP contribution < -0.4 is 0 Å². The van der Waals surface area contributed by atoms with Crippen molar-refractivity contribution in [2.24, 2.45) is 7.05 Å². The second kappa shape index (κ2) is 5.45. The molecule has 8 nitrogen and oxygen atoms in total. The Hall–Kier alpha value is -2.77. The summed E-state index contributed by atoms with van der Waals surface area (Å²) < 4.78 is 1.70. The maximum absolute atomic E-state index is 13.0. The highest BCUT2D eigenvalue weighted by Crippen LogP contribution is 2.30. The molecule has 1 aliphatic rings. The molecule has 118 valence electrons. The van der Waals surface area contributed by atoms with Gasteiger partial charge >= 0.3 is 0 Å². The first kappa shape index (κ1) is 13.9. The van der Waals surface area contributed by atoms with Crippen LogP contribution >= 0.6 is 0 Å². The number of hydrogen-bond acceptors (Lipinski definition) is 5. The number of H-pyrrole nitrogens is 1. The van der Waals surface area contributed by atoms with E-state index in [4.69, 9.17) is 0 Å². The Bertz CT molecular complexity index is 839.